The topological polar surface area (TPSA) is 116 Å². The Labute approximate surface area is 109 Å². The second-order valence-electron chi connectivity index (χ2n) is 3.89. The summed E-state index contributed by atoms with van der Waals surface area (Å²) < 4.78 is 0. The highest BCUT2D eigenvalue weighted by atomic mass is 16.4. The summed E-state index contributed by atoms with van der Waals surface area (Å²) in [5, 5.41) is 20.5. The van der Waals surface area contributed by atoms with Gasteiger partial charge in [-0.2, -0.15) is 5.10 Å². The molecule has 1 amide bonds. The Balaban J connectivity index is 1.98. The highest BCUT2D eigenvalue weighted by Crippen LogP contribution is 2.07. The molecule has 0 bridgehead atoms. The molecule has 7 heteroatoms. The van der Waals surface area contributed by atoms with E-state index < -0.39 is 0 Å². The standard InChI is InChI=1S/C12H13N5O2/c13-12(17-19)9-3-1-8(2-4-9)5-11(18)16-10-6-14-15-7-10/h1-4,6-7,19H,5H2,(H2,13,17)(H,14,15)(H,16,18). The summed E-state index contributed by atoms with van der Waals surface area (Å²) in [6, 6.07) is 6.88. The second kappa shape index (κ2) is 5.67. The first-order valence-electron chi connectivity index (χ1n) is 5.54. The van der Waals surface area contributed by atoms with E-state index in [-0.39, 0.29) is 18.2 Å². The van der Waals surface area contributed by atoms with Crippen LogP contribution in [0.25, 0.3) is 0 Å². The number of carbonyl (C=O) groups excluding carboxylic acids is 1. The van der Waals surface area contributed by atoms with Crippen LogP contribution < -0.4 is 11.1 Å². The summed E-state index contributed by atoms with van der Waals surface area (Å²) in [5.41, 5.74) is 7.50. The molecule has 7 nitrogen and oxygen atoms in total. The van der Waals surface area contributed by atoms with E-state index in [4.69, 9.17) is 10.9 Å². The minimum atomic E-state index is -0.141. The van der Waals surface area contributed by atoms with Crippen LogP contribution >= 0.6 is 0 Å². The molecule has 5 N–H and O–H groups in total. The fraction of sp³-hybridized carbons (Fsp3) is 0.0833. The number of nitrogens with zero attached hydrogens (tertiary/aromatic N) is 2. The fourth-order valence-corrected chi connectivity index (χ4v) is 1.56. The van der Waals surface area contributed by atoms with Crippen LogP contribution in [0.5, 0.6) is 0 Å². The van der Waals surface area contributed by atoms with Crippen molar-refractivity contribution < 1.29 is 10.0 Å². The number of oxime groups is 1. The van der Waals surface area contributed by atoms with Gasteiger partial charge in [-0.1, -0.05) is 29.4 Å². The maximum atomic E-state index is 11.7. The van der Waals surface area contributed by atoms with Crippen molar-refractivity contribution in [2.45, 2.75) is 6.42 Å². The van der Waals surface area contributed by atoms with Crippen molar-refractivity contribution in [2.24, 2.45) is 10.9 Å². The predicted molar refractivity (Wildman–Crippen MR) is 69.9 cm³/mol. The van der Waals surface area contributed by atoms with Crippen LogP contribution in [-0.4, -0.2) is 27.1 Å². The molecule has 0 saturated carbocycles. The zero-order valence-electron chi connectivity index (χ0n) is 10.00. The Bertz CT molecular complexity index is 575. The van der Waals surface area contributed by atoms with Crippen molar-refractivity contribution in [3.8, 4) is 0 Å². The Kier molecular flexibility index (Phi) is 3.77. The van der Waals surface area contributed by atoms with E-state index in [9.17, 15) is 4.79 Å². The first kappa shape index (κ1) is 12.6. The number of carbonyl (C=O) groups is 1. The molecule has 0 aliphatic heterocycles. The highest BCUT2D eigenvalue weighted by molar-refractivity contribution is 5.97. The maximum Gasteiger partial charge on any atom is 0.228 e. The largest absolute Gasteiger partial charge is 0.409 e. The van der Waals surface area contributed by atoms with Crippen LogP contribution in [0.1, 0.15) is 11.1 Å². The number of benzene rings is 1. The van der Waals surface area contributed by atoms with E-state index in [1.54, 1.807) is 30.5 Å². The summed E-state index contributed by atoms with van der Waals surface area (Å²) >= 11 is 0. The van der Waals surface area contributed by atoms with E-state index in [0.29, 0.717) is 11.3 Å². The number of nitrogens with two attached hydrogens (primary N) is 1. The van der Waals surface area contributed by atoms with Crippen molar-refractivity contribution in [3.05, 3.63) is 47.8 Å². The minimum Gasteiger partial charge on any atom is -0.409 e. The Hall–Kier alpha value is -2.83. The van der Waals surface area contributed by atoms with E-state index in [1.165, 1.54) is 6.20 Å². The van der Waals surface area contributed by atoms with Gasteiger partial charge in [-0.15, -0.1) is 0 Å². The van der Waals surface area contributed by atoms with Crippen molar-refractivity contribution >= 4 is 17.4 Å². The third-order valence-electron chi connectivity index (χ3n) is 2.50. The average molecular weight is 259 g/mol. The van der Waals surface area contributed by atoms with E-state index >= 15 is 0 Å². The molecule has 0 aliphatic carbocycles. The lowest BCUT2D eigenvalue weighted by Crippen LogP contribution is -2.15. The molecule has 0 atom stereocenters. The molecule has 2 rings (SSSR count). The van der Waals surface area contributed by atoms with Gasteiger partial charge < -0.3 is 16.3 Å². The molecule has 19 heavy (non-hydrogen) atoms. The maximum absolute atomic E-state index is 11.7. The summed E-state index contributed by atoms with van der Waals surface area (Å²) in [4.78, 5) is 11.7. The van der Waals surface area contributed by atoms with Crippen LogP contribution in [0.2, 0.25) is 0 Å². The first-order valence-corrected chi connectivity index (χ1v) is 5.54. The molecule has 2 aromatic rings. The SMILES string of the molecule is NC(=NO)c1ccc(CC(=O)Nc2cn[nH]c2)cc1. The molecule has 0 radical (unpaired) electrons. The lowest BCUT2D eigenvalue weighted by atomic mass is 10.1. The van der Waals surface area contributed by atoms with Gasteiger partial charge in [-0.3, -0.25) is 9.89 Å². The quantitative estimate of drug-likeness (QED) is 0.279. The number of hydrogen-bond donors (Lipinski definition) is 4. The molecule has 0 fully saturated rings. The molecule has 1 aromatic heterocycles. The fourth-order valence-electron chi connectivity index (χ4n) is 1.56. The van der Waals surface area contributed by atoms with Crippen LogP contribution in [0.15, 0.2) is 41.8 Å². The Morgan fingerprint density at radius 2 is 2.16 bits per heavy atom. The van der Waals surface area contributed by atoms with Gasteiger partial charge in [0, 0.05) is 11.8 Å². The predicted octanol–water partition coefficient (Wildman–Crippen LogP) is 0.685. The van der Waals surface area contributed by atoms with Crippen LogP contribution in [0, 0.1) is 0 Å². The van der Waals surface area contributed by atoms with Crippen molar-refractivity contribution in [2.75, 3.05) is 5.32 Å². The molecular formula is C12H13N5O2. The lowest BCUT2D eigenvalue weighted by Gasteiger charge is -2.04. The van der Waals surface area contributed by atoms with Crippen LogP contribution in [0.3, 0.4) is 0 Å². The number of rotatable bonds is 4. The second-order valence-corrected chi connectivity index (χ2v) is 3.89. The van der Waals surface area contributed by atoms with Gasteiger partial charge in [0.15, 0.2) is 5.84 Å². The van der Waals surface area contributed by atoms with Gasteiger partial charge in [-0.25, -0.2) is 0 Å². The number of nitrogens with one attached hydrogen (secondary N) is 2. The summed E-state index contributed by atoms with van der Waals surface area (Å²) in [6.45, 7) is 0. The molecular weight excluding hydrogens is 246 g/mol. The molecule has 0 aliphatic rings. The monoisotopic (exact) mass is 259 g/mol. The van der Waals surface area contributed by atoms with E-state index in [1.807, 2.05) is 0 Å². The molecule has 0 spiro atoms. The first-order chi connectivity index (χ1) is 9.19. The minimum absolute atomic E-state index is 0.0365. The average Bonchev–Trinajstić information content (AvgIpc) is 2.91. The van der Waals surface area contributed by atoms with Gasteiger partial charge >= 0.3 is 0 Å². The number of H-pyrrole nitrogens is 1. The highest BCUT2D eigenvalue weighted by Gasteiger charge is 2.05. The summed E-state index contributed by atoms with van der Waals surface area (Å²) in [6.07, 6.45) is 3.36. The van der Waals surface area contributed by atoms with Crippen molar-refractivity contribution in [3.63, 3.8) is 0 Å². The summed E-state index contributed by atoms with van der Waals surface area (Å²) in [7, 11) is 0. The normalized spacial score (nSPS) is 11.3. The van der Waals surface area contributed by atoms with Gasteiger partial charge in [0.05, 0.1) is 18.3 Å². The van der Waals surface area contributed by atoms with E-state index in [0.717, 1.165) is 5.56 Å². The molecule has 0 saturated heterocycles. The molecule has 1 heterocycles. The zero-order chi connectivity index (χ0) is 13.7. The zero-order valence-corrected chi connectivity index (χ0v) is 10.00. The van der Waals surface area contributed by atoms with E-state index in [2.05, 4.69) is 20.7 Å². The third kappa shape index (κ3) is 3.32. The smallest absolute Gasteiger partial charge is 0.228 e. The van der Waals surface area contributed by atoms with Gasteiger partial charge in [-0.05, 0) is 5.56 Å². The lowest BCUT2D eigenvalue weighted by molar-refractivity contribution is -0.115. The number of amides is 1. The number of aromatic nitrogens is 2. The molecule has 98 valence electrons. The van der Waals surface area contributed by atoms with Gasteiger partial charge in [0.2, 0.25) is 5.91 Å². The van der Waals surface area contributed by atoms with Crippen LogP contribution in [-0.2, 0) is 11.2 Å². The number of anilines is 1. The molecule has 1 aromatic carbocycles. The molecule has 0 unspecified atom stereocenters. The van der Waals surface area contributed by atoms with Gasteiger partial charge in [0.1, 0.15) is 0 Å². The number of aromatic amines is 1. The van der Waals surface area contributed by atoms with Crippen molar-refractivity contribution in [1.82, 2.24) is 10.2 Å². The van der Waals surface area contributed by atoms with Crippen molar-refractivity contribution in [1.29, 1.82) is 0 Å². The Morgan fingerprint density at radius 1 is 1.42 bits per heavy atom. The third-order valence-corrected chi connectivity index (χ3v) is 2.50. The Morgan fingerprint density at radius 3 is 2.74 bits per heavy atom. The van der Waals surface area contributed by atoms with Crippen LogP contribution in [0.4, 0.5) is 5.69 Å². The number of hydrogen-bond acceptors (Lipinski definition) is 4. The number of amidine groups is 1. The van der Waals surface area contributed by atoms with Gasteiger partial charge in [0.25, 0.3) is 0 Å². The summed E-state index contributed by atoms with van der Waals surface area (Å²) in [5.74, 6) is -0.104.